The van der Waals surface area contributed by atoms with E-state index in [4.69, 9.17) is 16.2 Å². The summed E-state index contributed by atoms with van der Waals surface area (Å²) in [4.78, 5) is 25.6. The number of rotatable bonds is 10. The number of aliphatic carboxylic acids is 1. The van der Waals surface area contributed by atoms with Crippen molar-refractivity contribution in [1.82, 2.24) is 24.4 Å². The molecule has 39 heavy (non-hydrogen) atoms. The van der Waals surface area contributed by atoms with Crippen LogP contribution in [0.15, 0.2) is 67.3 Å². The van der Waals surface area contributed by atoms with E-state index in [-0.39, 0.29) is 18.8 Å². The number of aliphatic hydroxyl groups is 2. The number of hydrogen-bond donors (Lipinski definition) is 5. The van der Waals surface area contributed by atoms with Crippen LogP contribution in [0.1, 0.15) is 18.2 Å². The summed E-state index contributed by atoms with van der Waals surface area (Å²) in [7, 11) is 0. The number of nitrogens with zero attached hydrogens (tertiary/aromatic N) is 5. The summed E-state index contributed by atoms with van der Waals surface area (Å²) in [6.07, 6.45) is -1.24. The average Bonchev–Trinajstić information content (AvgIpc) is 3.49. The molecule has 1 aliphatic heterocycles. The molecule has 0 spiro atoms. The lowest BCUT2D eigenvalue weighted by Crippen LogP contribution is -2.42. The Bertz CT molecular complexity index is 1420. The van der Waals surface area contributed by atoms with Crippen molar-refractivity contribution < 1.29 is 24.9 Å². The number of benzene rings is 2. The molecule has 0 saturated carbocycles. The summed E-state index contributed by atoms with van der Waals surface area (Å²) in [6.45, 7) is 1.04. The van der Waals surface area contributed by atoms with Gasteiger partial charge in [0, 0.05) is 19.6 Å². The maximum Gasteiger partial charge on any atom is 0.320 e. The molecule has 0 aliphatic carbocycles. The molecule has 1 saturated heterocycles. The van der Waals surface area contributed by atoms with Gasteiger partial charge in [-0.15, -0.1) is 0 Å². The molecule has 7 N–H and O–H groups in total. The number of ether oxygens (including phenoxy) is 1. The number of nitrogens with two attached hydrogens (primary N) is 2. The SMILES string of the molecule is Nc1ncnc2c1ncn2[C@@H]1O[C@H](CN(CC[C@H](N)C(=O)O)Cc2ccc(-c3ccccc3)cc2)[C@@H](O)[C@H]1O. The highest BCUT2D eigenvalue weighted by atomic mass is 16.6. The quantitative estimate of drug-likeness (QED) is 0.196. The van der Waals surface area contributed by atoms with Gasteiger partial charge in [0.15, 0.2) is 17.7 Å². The van der Waals surface area contributed by atoms with E-state index in [1.165, 1.54) is 17.2 Å². The number of carbonyl (C=O) groups is 1. The average molecular weight is 534 g/mol. The number of fused-ring (bicyclic) bond motifs is 1. The topological polar surface area (TPSA) is 186 Å². The summed E-state index contributed by atoms with van der Waals surface area (Å²) >= 11 is 0. The maximum atomic E-state index is 11.3. The van der Waals surface area contributed by atoms with E-state index in [1.807, 2.05) is 59.5 Å². The number of carboxylic acids is 1. The van der Waals surface area contributed by atoms with Crippen molar-refractivity contribution >= 4 is 23.0 Å². The Morgan fingerprint density at radius 3 is 2.46 bits per heavy atom. The van der Waals surface area contributed by atoms with Gasteiger partial charge in [0.05, 0.1) is 6.33 Å². The van der Waals surface area contributed by atoms with Crippen molar-refractivity contribution in [1.29, 1.82) is 0 Å². The molecule has 0 bridgehead atoms. The molecule has 0 unspecified atom stereocenters. The third-order valence-electron chi connectivity index (χ3n) is 6.98. The van der Waals surface area contributed by atoms with Crippen LogP contribution in [0.25, 0.3) is 22.3 Å². The maximum absolute atomic E-state index is 11.3. The van der Waals surface area contributed by atoms with Crippen molar-refractivity contribution in [2.45, 2.75) is 43.5 Å². The lowest BCUT2D eigenvalue weighted by Gasteiger charge is -2.27. The third-order valence-corrected chi connectivity index (χ3v) is 6.98. The van der Waals surface area contributed by atoms with Gasteiger partial charge in [-0.25, -0.2) is 15.0 Å². The molecular formula is C27H31N7O5. The Labute approximate surface area is 224 Å². The molecule has 5 rings (SSSR count). The van der Waals surface area contributed by atoms with Crippen LogP contribution in [0.5, 0.6) is 0 Å². The van der Waals surface area contributed by atoms with Gasteiger partial charge in [0.1, 0.15) is 36.2 Å². The first kappa shape index (κ1) is 26.7. The molecule has 0 amide bonds. The Balaban J connectivity index is 1.33. The summed E-state index contributed by atoms with van der Waals surface area (Å²) < 4.78 is 7.63. The monoisotopic (exact) mass is 533 g/mol. The predicted molar refractivity (Wildman–Crippen MR) is 143 cm³/mol. The minimum absolute atomic E-state index is 0.197. The molecule has 1 aliphatic rings. The fraction of sp³-hybridized carbons (Fsp3) is 0.333. The van der Waals surface area contributed by atoms with E-state index in [2.05, 4.69) is 15.0 Å². The first-order chi connectivity index (χ1) is 18.8. The van der Waals surface area contributed by atoms with Crippen molar-refractivity contribution in [3.05, 3.63) is 72.8 Å². The molecule has 204 valence electrons. The van der Waals surface area contributed by atoms with E-state index >= 15 is 0 Å². The molecule has 12 nitrogen and oxygen atoms in total. The molecule has 4 aromatic rings. The Hall–Kier alpha value is -3.94. The molecule has 0 radical (unpaired) electrons. The van der Waals surface area contributed by atoms with E-state index in [0.29, 0.717) is 24.3 Å². The van der Waals surface area contributed by atoms with Gasteiger partial charge < -0.3 is 31.5 Å². The second kappa shape index (κ2) is 11.4. The molecule has 1 fully saturated rings. The Morgan fingerprint density at radius 2 is 1.74 bits per heavy atom. The van der Waals surface area contributed by atoms with Crippen molar-refractivity contribution in [3.8, 4) is 11.1 Å². The van der Waals surface area contributed by atoms with E-state index in [1.54, 1.807) is 0 Å². The van der Waals surface area contributed by atoms with Gasteiger partial charge >= 0.3 is 5.97 Å². The number of carboxylic acid groups (broad SMARTS) is 1. The smallest absolute Gasteiger partial charge is 0.320 e. The van der Waals surface area contributed by atoms with Crippen LogP contribution in [0.3, 0.4) is 0 Å². The lowest BCUT2D eigenvalue weighted by atomic mass is 10.0. The second-order valence-electron chi connectivity index (χ2n) is 9.66. The van der Waals surface area contributed by atoms with E-state index in [0.717, 1.165) is 16.7 Å². The molecule has 2 aromatic carbocycles. The van der Waals surface area contributed by atoms with Crippen LogP contribution in [-0.4, -0.2) is 83.2 Å². The lowest BCUT2D eigenvalue weighted by molar-refractivity contribution is -0.138. The van der Waals surface area contributed by atoms with Gasteiger partial charge in [0.25, 0.3) is 0 Å². The van der Waals surface area contributed by atoms with Gasteiger partial charge in [-0.3, -0.25) is 14.3 Å². The van der Waals surface area contributed by atoms with Crippen LogP contribution in [0.2, 0.25) is 0 Å². The highest BCUT2D eigenvalue weighted by molar-refractivity contribution is 5.81. The zero-order valence-electron chi connectivity index (χ0n) is 21.1. The molecule has 2 aromatic heterocycles. The van der Waals surface area contributed by atoms with Crippen LogP contribution in [0, 0.1) is 0 Å². The first-order valence-corrected chi connectivity index (χ1v) is 12.6. The van der Waals surface area contributed by atoms with Gasteiger partial charge in [-0.1, -0.05) is 54.6 Å². The highest BCUT2D eigenvalue weighted by Gasteiger charge is 2.45. The predicted octanol–water partition coefficient (Wildman–Crippen LogP) is 0.999. The summed E-state index contributed by atoms with van der Waals surface area (Å²) in [5.74, 6) is -0.884. The minimum atomic E-state index is -1.25. The largest absolute Gasteiger partial charge is 0.480 e. The number of nitrogen functional groups attached to an aromatic ring is 1. The van der Waals surface area contributed by atoms with E-state index in [9.17, 15) is 20.1 Å². The fourth-order valence-electron chi connectivity index (χ4n) is 4.79. The normalized spacial score (nSPS) is 21.9. The molecular weight excluding hydrogens is 502 g/mol. The standard InChI is InChI=1S/C27H31N7O5/c28-19(27(37)38)10-11-33(12-16-6-8-18(9-7-16)17-4-2-1-3-5-17)13-20-22(35)23(36)26(39-20)34-15-32-21-24(29)30-14-31-25(21)34/h1-9,14-15,19-20,22-23,26,35-36H,10-13,28H2,(H,37,38)(H2,29,30,31)/t19-,20+,22+,23+,26+/m0/s1. The number of anilines is 1. The highest BCUT2D eigenvalue weighted by Crippen LogP contribution is 2.32. The Morgan fingerprint density at radius 1 is 1.03 bits per heavy atom. The number of aliphatic hydroxyl groups excluding tert-OH is 2. The number of hydrogen-bond acceptors (Lipinski definition) is 10. The first-order valence-electron chi connectivity index (χ1n) is 12.6. The molecule has 3 heterocycles. The molecule has 5 atom stereocenters. The van der Waals surface area contributed by atoms with Gasteiger partial charge in [0.2, 0.25) is 0 Å². The second-order valence-corrected chi connectivity index (χ2v) is 9.66. The number of imidazole rings is 1. The van der Waals surface area contributed by atoms with Crippen LogP contribution in [0.4, 0.5) is 5.82 Å². The zero-order valence-corrected chi connectivity index (χ0v) is 21.1. The number of aromatic nitrogens is 4. The van der Waals surface area contributed by atoms with Gasteiger partial charge in [-0.05, 0) is 23.1 Å². The summed E-state index contributed by atoms with van der Waals surface area (Å²) in [6, 6.07) is 17.1. The minimum Gasteiger partial charge on any atom is -0.480 e. The third kappa shape index (κ3) is 5.75. The Kier molecular flexibility index (Phi) is 7.82. The van der Waals surface area contributed by atoms with Crippen LogP contribution >= 0.6 is 0 Å². The summed E-state index contributed by atoms with van der Waals surface area (Å²) in [5, 5.41) is 31.0. The van der Waals surface area contributed by atoms with Crippen LogP contribution in [-0.2, 0) is 16.1 Å². The van der Waals surface area contributed by atoms with Crippen molar-refractivity contribution in [2.75, 3.05) is 18.8 Å². The molecule has 12 heteroatoms. The summed E-state index contributed by atoms with van der Waals surface area (Å²) in [5.41, 5.74) is 15.6. The van der Waals surface area contributed by atoms with E-state index < -0.39 is 36.6 Å². The van der Waals surface area contributed by atoms with Crippen molar-refractivity contribution in [2.24, 2.45) is 5.73 Å². The fourth-order valence-corrected chi connectivity index (χ4v) is 4.79. The van der Waals surface area contributed by atoms with Crippen molar-refractivity contribution in [3.63, 3.8) is 0 Å². The van der Waals surface area contributed by atoms with Crippen LogP contribution < -0.4 is 11.5 Å². The van der Waals surface area contributed by atoms with Gasteiger partial charge in [-0.2, -0.15) is 0 Å². The zero-order chi connectivity index (χ0) is 27.5.